The molecule has 1 aliphatic heterocycles. The van der Waals surface area contributed by atoms with Crippen LogP contribution in [0.3, 0.4) is 0 Å². The van der Waals surface area contributed by atoms with Crippen molar-refractivity contribution in [2.75, 3.05) is 12.8 Å². The summed E-state index contributed by atoms with van der Waals surface area (Å²) in [6.07, 6.45) is -5.00. The zero-order valence-corrected chi connectivity index (χ0v) is 16.2. The Kier molecular flexibility index (Phi) is 4.68. The first-order chi connectivity index (χ1) is 14.6. The number of fused-ring (bicyclic) bond motifs is 1. The van der Waals surface area contributed by atoms with E-state index in [9.17, 15) is 22.8 Å². The smallest absolute Gasteiger partial charge is 0.460 e. The lowest BCUT2D eigenvalue weighted by Crippen LogP contribution is -2.30. The second kappa shape index (κ2) is 7.11. The summed E-state index contributed by atoms with van der Waals surface area (Å²) in [7, 11) is 1.34. The van der Waals surface area contributed by atoms with Gasteiger partial charge in [0.05, 0.1) is 16.8 Å². The number of furan rings is 1. The Labute approximate surface area is 173 Å². The number of nitrogens with two attached hydrogens (primary N) is 1. The molecule has 1 atom stereocenters. The van der Waals surface area contributed by atoms with Crippen molar-refractivity contribution < 1.29 is 31.9 Å². The number of benzene rings is 1. The molecule has 3 heterocycles. The third kappa shape index (κ3) is 3.58. The minimum absolute atomic E-state index is 0.00128. The van der Waals surface area contributed by atoms with E-state index in [-0.39, 0.29) is 34.2 Å². The number of ketones is 1. The number of carbonyl (C=O) groups excluding carboxylic acids is 2. The summed E-state index contributed by atoms with van der Waals surface area (Å²) in [5, 5.41) is 0. The Morgan fingerprint density at radius 3 is 2.55 bits per heavy atom. The van der Waals surface area contributed by atoms with Gasteiger partial charge in [0, 0.05) is 7.05 Å². The predicted molar refractivity (Wildman–Crippen MR) is 101 cm³/mol. The molecule has 0 fully saturated rings. The topological polar surface area (TPSA) is 112 Å². The second-order valence-electron chi connectivity index (χ2n) is 6.83. The first-order valence-electron chi connectivity index (χ1n) is 8.97. The summed E-state index contributed by atoms with van der Waals surface area (Å²) >= 11 is 0. The molecule has 0 radical (unpaired) electrons. The highest BCUT2D eigenvalue weighted by atomic mass is 19.4. The molecule has 1 aliphatic rings. The van der Waals surface area contributed by atoms with Crippen molar-refractivity contribution >= 4 is 17.6 Å². The van der Waals surface area contributed by atoms with Crippen molar-refractivity contribution in [1.29, 1.82) is 0 Å². The highest BCUT2D eigenvalue weighted by molar-refractivity contribution is 6.12. The zero-order valence-electron chi connectivity index (χ0n) is 16.2. The molecule has 4 rings (SSSR count). The van der Waals surface area contributed by atoms with E-state index in [1.165, 1.54) is 25.2 Å². The van der Waals surface area contributed by atoms with Crippen molar-refractivity contribution in [1.82, 2.24) is 14.9 Å². The van der Waals surface area contributed by atoms with E-state index >= 15 is 0 Å². The van der Waals surface area contributed by atoms with Gasteiger partial charge in [-0.25, -0.2) is 9.97 Å². The van der Waals surface area contributed by atoms with Crippen LogP contribution in [0.25, 0.3) is 11.5 Å². The van der Waals surface area contributed by atoms with Gasteiger partial charge in [-0.3, -0.25) is 9.59 Å². The van der Waals surface area contributed by atoms with Gasteiger partial charge < -0.3 is 19.8 Å². The zero-order chi connectivity index (χ0) is 22.5. The lowest BCUT2D eigenvalue weighted by Gasteiger charge is -2.20. The lowest BCUT2D eigenvalue weighted by atomic mass is 9.99. The Bertz CT molecular complexity index is 1210. The fourth-order valence-electron chi connectivity index (χ4n) is 3.45. The van der Waals surface area contributed by atoms with Crippen LogP contribution in [0, 0.1) is 6.92 Å². The third-order valence-electron chi connectivity index (χ3n) is 4.74. The van der Waals surface area contributed by atoms with Crippen molar-refractivity contribution in [3.05, 3.63) is 59.0 Å². The number of Topliss-reactive ketones (excluding diaryl/α,β-unsaturated/α-hetero) is 1. The van der Waals surface area contributed by atoms with E-state index < -0.39 is 29.8 Å². The first kappa shape index (κ1) is 20.4. The first-order valence-corrected chi connectivity index (χ1v) is 8.97. The number of hydrogen-bond acceptors (Lipinski definition) is 7. The number of halogens is 3. The number of aryl methyl sites for hydroxylation is 1. The molecule has 1 aromatic carbocycles. The fourth-order valence-corrected chi connectivity index (χ4v) is 3.45. The minimum Gasteiger partial charge on any atom is -0.460 e. The number of aromatic nitrogens is 2. The Morgan fingerprint density at radius 1 is 1.19 bits per heavy atom. The fraction of sp³-hybridized carbons (Fsp3) is 0.200. The number of nitrogens with zero attached hydrogens (tertiary/aromatic N) is 3. The van der Waals surface area contributed by atoms with Gasteiger partial charge in [0.15, 0.2) is 11.5 Å². The Hall–Kier alpha value is -3.89. The molecule has 11 heteroatoms. The monoisotopic (exact) mass is 432 g/mol. The standard InChI is InChI=1S/C20H15F3N4O4/c1-9-7-8-12(30-9)14-13-15(26-19(24)25-14)16(27(2)18(13)29)17(28)10-5-3-4-6-11(10)31-20(21,22)23/h3-8,16H,1-2H3,(H2,24,25,26). The maximum atomic E-state index is 13.3. The van der Waals surface area contributed by atoms with Gasteiger partial charge >= 0.3 is 6.36 Å². The molecule has 8 nitrogen and oxygen atoms in total. The van der Waals surface area contributed by atoms with Gasteiger partial charge in [0.25, 0.3) is 5.91 Å². The Balaban J connectivity index is 1.84. The summed E-state index contributed by atoms with van der Waals surface area (Å²) in [5.74, 6) is -1.49. The average molecular weight is 432 g/mol. The summed E-state index contributed by atoms with van der Waals surface area (Å²) in [6.45, 7) is 1.70. The van der Waals surface area contributed by atoms with Gasteiger partial charge in [-0.15, -0.1) is 13.2 Å². The predicted octanol–water partition coefficient (Wildman–Crippen LogP) is 3.54. The van der Waals surface area contributed by atoms with Gasteiger partial charge in [-0.2, -0.15) is 0 Å². The SMILES string of the molecule is Cc1ccc(-c2nc(N)nc3c2C(=O)N(C)C3C(=O)c2ccccc2OC(F)(F)F)o1. The van der Waals surface area contributed by atoms with Crippen LogP contribution in [0.5, 0.6) is 5.75 Å². The number of alkyl halides is 3. The highest BCUT2D eigenvalue weighted by Crippen LogP contribution is 2.40. The van der Waals surface area contributed by atoms with E-state index in [2.05, 4.69) is 14.7 Å². The van der Waals surface area contributed by atoms with Crippen LogP contribution in [0.2, 0.25) is 0 Å². The summed E-state index contributed by atoms with van der Waals surface area (Å²) in [6, 6.07) is 6.82. The van der Waals surface area contributed by atoms with Crippen LogP contribution in [0.15, 0.2) is 40.8 Å². The lowest BCUT2D eigenvalue weighted by molar-refractivity contribution is -0.274. The van der Waals surface area contributed by atoms with E-state index in [4.69, 9.17) is 10.2 Å². The van der Waals surface area contributed by atoms with Crippen molar-refractivity contribution in [2.45, 2.75) is 19.3 Å². The third-order valence-corrected chi connectivity index (χ3v) is 4.74. The van der Waals surface area contributed by atoms with Crippen molar-refractivity contribution in [2.24, 2.45) is 0 Å². The largest absolute Gasteiger partial charge is 0.573 e. The molecule has 2 aromatic heterocycles. The number of carbonyl (C=O) groups is 2. The summed E-state index contributed by atoms with van der Waals surface area (Å²) in [4.78, 5) is 35.5. The van der Waals surface area contributed by atoms with E-state index in [1.54, 1.807) is 19.1 Å². The molecule has 31 heavy (non-hydrogen) atoms. The molecule has 0 saturated heterocycles. The number of rotatable bonds is 4. The van der Waals surface area contributed by atoms with Crippen LogP contribution in [-0.4, -0.2) is 40.0 Å². The van der Waals surface area contributed by atoms with E-state index in [0.29, 0.717) is 5.76 Å². The number of nitrogen functional groups attached to an aromatic ring is 1. The van der Waals surface area contributed by atoms with E-state index in [0.717, 1.165) is 11.0 Å². The molecule has 0 aliphatic carbocycles. The van der Waals surface area contributed by atoms with Crippen molar-refractivity contribution in [3.8, 4) is 17.2 Å². The number of anilines is 1. The Morgan fingerprint density at radius 2 is 1.90 bits per heavy atom. The molecule has 0 bridgehead atoms. The molecule has 1 unspecified atom stereocenters. The summed E-state index contributed by atoms with van der Waals surface area (Å²) < 4.78 is 47.9. The molecule has 160 valence electrons. The number of likely N-dealkylation sites (N-methyl/N-ethyl adjacent to an activating group) is 1. The van der Waals surface area contributed by atoms with Crippen molar-refractivity contribution in [3.63, 3.8) is 0 Å². The number of para-hydroxylation sites is 1. The minimum atomic E-state index is -5.00. The van der Waals surface area contributed by atoms with Crippen LogP contribution in [0.4, 0.5) is 19.1 Å². The molecule has 2 N–H and O–H groups in total. The highest BCUT2D eigenvalue weighted by Gasteiger charge is 2.45. The van der Waals surface area contributed by atoms with Crippen LogP contribution in [-0.2, 0) is 0 Å². The van der Waals surface area contributed by atoms with Crippen LogP contribution < -0.4 is 10.5 Å². The maximum absolute atomic E-state index is 13.3. The van der Waals surface area contributed by atoms with Crippen LogP contribution in [0.1, 0.15) is 38.2 Å². The molecule has 3 aromatic rings. The quantitative estimate of drug-likeness (QED) is 0.628. The normalized spacial score (nSPS) is 15.8. The molecular weight excluding hydrogens is 417 g/mol. The van der Waals surface area contributed by atoms with E-state index in [1.807, 2.05) is 0 Å². The number of ether oxygens (including phenoxy) is 1. The molecule has 1 amide bonds. The van der Waals surface area contributed by atoms with Gasteiger partial charge in [-0.1, -0.05) is 12.1 Å². The molecule has 0 spiro atoms. The second-order valence-corrected chi connectivity index (χ2v) is 6.83. The van der Waals surface area contributed by atoms with Gasteiger partial charge in [-0.05, 0) is 31.2 Å². The maximum Gasteiger partial charge on any atom is 0.573 e. The summed E-state index contributed by atoms with van der Waals surface area (Å²) in [5.41, 5.74) is 5.53. The number of hydrogen-bond donors (Lipinski definition) is 1. The van der Waals surface area contributed by atoms with Crippen LogP contribution >= 0.6 is 0 Å². The molecule has 0 saturated carbocycles. The average Bonchev–Trinajstić information content (AvgIpc) is 3.22. The number of amides is 1. The van der Waals surface area contributed by atoms with Gasteiger partial charge in [0.2, 0.25) is 5.95 Å². The molecular formula is C20H15F3N4O4. The van der Waals surface area contributed by atoms with Gasteiger partial charge in [0.1, 0.15) is 23.2 Å².